The first kappa shape index (κ1) is 11.9. The first-order chi connectivity index (χ1) is 7.00. The van der Waals surface area contributed by atoms with Crippen LogP contribution in [-0.4, -0.2) is 12.6 Å². The van der Waals surface area contributed by atoms with E-state index < -0.39 is 11.6 Å². The highest BCUT2D eigenvalue weighted by Crippen LogP contribution is 2.15. The molecule has 0 spiro atoms. The molecule has 0 saturated heterocycles. The SMILES string of the molecule is CC(C)[C@@H](N)COc1ccc(F)c(F)c1. The molecular weight excluding hydrogens is 200 g/mol. The van der Waals surface area contributed by atoms with E-state index in [0.717, 1.165) is 12.1 Å². The van der Waals surface area contributed by atoms with Crippen LogP contribution in [0.3, 0.4) is 0 Å². The Labute approximate surface area is 88.0 Å². The van der Waals surface area contributed by atoms with Gasteiger partial charge in [0.1, 0.15) is 12.4 Å². The van der Waals surface area contributed by atoms with Gasteiger partial charge in [-0.15, -0.1) is 0 Å². The Balaban J connectivity index is 2.55. The Morgan fingerprint density at radius 1 is 1.27 bits per heavy atom. The molecule has 0 radical (unpaired) electrons. The second-order valence-corrected chi connectivity index (χ2v) is 3.79. The van der Waals surface area contributed by atoms with Gasteiger partial charge >= 0.3 is 0 Å². The Morgan fingerprint density at radius 2 is 1.93 bits per heavy atom. The van der Waals surface area contributed by atoms with E-state index in [1.165, 1.54) is 6.07 Å². The van der Waals surface area contributed by atoms with Crippen molar-refractivity contribution in [1.29, 1.82) is 0 Å². The van der Waals surface area contributed by atoms with Gasteiger partial charge in [0.05, 0.1) is 0 Å². The van der Waals surface area contributed by atoms with Crippen LogP contribution in [0, 0.1) is 17.6 Å². The highest BCUT2D eigenvalue weighted by atomic mass is 19.2. The maximum atomic E-state index is 12.8. The van der Waals surface area contributed by atoms with Gasteiger partial charge in [0.25, 0.3) is 0 Å². The Hall–Kier alpha value is -1.16. The molecule has 1 aromatic rings. The molecule has 15 heavy (non-hydrogen) atoms. The molecule has 0 saturated carbocycles. The number of rotatable bonds is 4. The monoisotopic (exact) mass is 215 g/mol. The van der Waals surface area contributed by atoms with Crippen molar-refractivity contribution < 1.29 is 13.5 Å². The van der Waals surface area contributed by atoms with Crippen molar-refractivity contribution in [2.45, 2.75) is 19.9 Å². The lowest BCUT2D eigenvalue weighted by molar-refractivity contribution is 0.258. The molecule has 2 N–H and O–H groups in total. The molecule has 1 atom stereocenters. The van der Waals surface area contributed by atoms with Crippen molar-refractivity contribution in [3.05, 3.63) is 29.8 Å². The molecule has 84 valence electrons. The third-order valence-electron chi connectivity index (χ3n) is 2.19. The predicted octanol–water partition coefficient (Wildman–Crippen LogP) is 2.33. The fourth-order valence-corrected chi connectivity index (χ4v) is 0.952. The molecule has 0 heterocycles. The van der Waals surface area contributed by atoms with Gasteiger partial charge in [0.15, 0.2) is 11.6 Å². The van der Waals surface area contributed by atoms with Crippen LogP contribution in [0.2, 0.25) is 0 Å². The fraction of sp³-hybridized carbons (Fsp3) is 0.455. The molecule has 0 amide bonds. The first-order valence-electron chi connectivity index (χ1n) is 4.84. The summed E-state index contributed by atoms with van der Waals surface area (Å²) in [6.45, 7) is 4.24. The molecule has 4 heteroatoms. The zero-order chi connectivity index (χ0) is 11.4. The van der Waals surface area contributed by atoms with Gasteiger partial charge in [-0.2, -0.15) is 0 Å². The Kier molecular flexibility index (Phi) is 4.03. The average Bonchev–Trinajstić information content (AvgIpc) is 2.19. The van der Waals surface area contributed by atoms with Crippen LogP contribution in [0.5, 0.6) is 5.75 Å². The molecule has 0 aliphatic heterocycles. The molecule has 0 aliphatic carbocycles. The molecule has 0 bridgehead atoms. The van der Waals surface area contributed by atoms with Crippen molar-refractivity contribution >= 4 is 0 Å². The van der Waals surface area contributed by atoms with E-state index in [-0.39, 0.29) is 12.0 Å². The summed E-state index contributed by atoms with van der Waals surface area (Å²) in [5.74, 6) is -1.21. The maximum Gasteiger partial charge on any atom is 0.162 e. The van der Waals surface area contributed by atoms with E-state index in [0.29, 0.717) is 12.4 Å². The summed E-state index contributed by atoms with van der Waals surface area (Å²) in [4.78, 5) is 0. The second-order valence-electron chi connectivity index (χ2n) is 3.79. The smallest absolute Gasteiger partial charge is 0.162 e. The van der Waals surface area contributed by atoms with Crippen LogP contribution >= 0.6 is 0 Å². The second kappa shape index (κ2) is 5.07. The van der Waals surface area contributed by atoms with E-state index in [2.05, 4.69) is 0 Å². The molecule has 0 aliphatic rings. The van der Waals surface area contributed by atoms with E-state index in [9.17, 15) is 8.78 Å². The number of hydrogen-bond donors (Lipinski definition) is 1. The Bertz CT molecular complexity index is 328. The first-order valence-corrected chi connectivity index (χ1v) is 4.84. The third-order valence-corrected chi connectivity index (χ3v) is 2.19. The van der Waals surface area contributed by atoms with Crippen molar-refractivity contribution in [1.82, 2.24) is 0 Å². The minimum absolute atomic E-state index is 0.113. The van der Waals surface area contributed by atoms with Gasteiger partial charge in [-0.1, -0.05) is 13.8 Å². The quantitative estimate of drug-likeness (QED) is 0.836. The molecular formula is C11H15F2NO. The number of hydrogen-bond acceptors (Lipinski definition) is 2. The van der Waals surface area contributed by atoms with E-state index in [4.69, 9.17) is 10.5 Å². The molecule has 1 rings (SSSR count). The number of benzene rings is 1. The lowest BCUT2D eigenvalue weighted by Crippen LogP contribution is -2.33. The van der Waals surface area contributed by atoms with Crippen LogP contribution in [0.15, 0.2) is 18.2 Å². The minimum atomic E-state index is -0.911. The van der Waals surface area contributed by atoms with E-state index in [1.54, 1.807) is 0 Å². The zero-order valence-corrected chi connectivity index (χ0v) is 8.84. The largest absolute Gasteiger partial charge is 0.492 e. The topological polar surface area (TPSA) is 35.2 Å². The standard InChI is InChI=1S/C11H15F2NO/c1-7(2)11(14)6-15-8-3-4-9(12)10(13)5-8/h3-5,7,11H,6,14H2,1-2H3/t11-/m0/s1. The average molecular weight is 215 g/mol. The zero-order valence-electron chi connectivity index (χ0n) is 8.84. The van der Waals surface area contributed by atoms with Gasteiger partial charge in [0, 0.05) is 12.1 Å². The molecule has 2 nitrogen and oxygen atoms in total. The molecule has 0 fully saturated rings. The summed E-state index contributed by atoms with van der Waals surface area (Å²) in [5, 5.41) is 0. The molecule has 1 aromatic carbocycles. The lowest BCUT2D eigenvalue weighted by Gasteiger charge is -2.16. The van der Waals surface area contributed by atoms with Crippen molar-refractivity contribution in [3.8, 4) is 5.75 Å². The van der Waals surface area contributed by atoms with Crippen molar-refractivity contribution in [3.63, 3.8) is 0 Å². The number of halogens is 2. The van der Waals surface area contributed by atoms with Gasteiger partial charge < -0.3 is 10.5 Å². The summed E-state index contributed by atoms with van der Waals surface area (Å²) in [7, 11) is 0. The van der Waals surface area contributed by atoms with Gasteiger partial charge in [0.2, 0.25) is 0 Å². The normalized spacial score (nSPS) is 12.9. The number of ether oxygens (including phenoxy) is 1. The van der Waals surface area contributed by atoms with E-state index >= 15 is 0 Å². The van der Waals surface area contributed by atoms with Crippen molar-refractivity contribution in [2.75, 3.05) is 6.61 Å². The summed E-state index contributed by atoms with van der Waals surface area (Å²) >= 11 is 0. The van der Waals surface area contributed by atoms with Crippen LogP contribution in [-0.2, 0) is 0 Å². The van der Waals surface area contributed by atoms with Gasteiger partial charge in [-0.25, -0.2) is 8.78 Å². The van der Waals surface area contributed by atoms with Crippen LogP contribution in [0.25, 0.3) is 0 Å². The maximum absolute atomic E-state index is 12.8. The highest BCUT2D eigenvalue weighted by Gasteiger charge is 2.09. The minimum Gasteiger partial charge on any atom is -0.492 e. The Morgan fingerprint density at radius 3 is 2.47 bits per heavy atom. The van der Waals surface area contributed by atoms with Crippen LogP contribution in [0.4, 0.5) is 8.78 Å². The summed E-state index contributed by atoms with van der Waals surface area (Å²) in [5.41, 5.74) is 5.74. The van der Waals surface area contributed by atoms with E-state index in [1.807, 2.05) is 13.8 Å². The van der Waals surface area contributed by atoms with Crippen LogP contribution < -0.4 is 10.5 Å². The number of nitrogens with two attached hydrogens (primary N) is 1. The van der Waals surface area contributed by atoms with Crippen molar-refractivity contribution in [2.24, 2.45) is 11.7 Å². The summed E-state index contributed by atoms with van der Waals surface area (Å²) in [6.07, 6.45) is 0. The summed E-state index contributed by atoms with van der Waals surface area (Å²) < 4.78 is 30.6. The third kappa shape index (κ3) is 3.47. The fourth-order valence-electron chi connectivity index (χ4n) is 0.952. The van der Waals surface area contributed by atoms with Crippen LogP contribution in [0.1, 0.15) is 13.8 Å². The van der Waals surface area contributed by atoms with Gasteiger partial charge in [-0.3, -0.25) is 0 Å². The molecule has 0 unspecified atom stereocenters. The highest BCUT2D eigenvalue weighted by molar-refractivity contribution is 5.23. The van der Waals surface area contributed by atoms with Gasteiger partial charge in [-0.05, 0) is 18.1 Å². The molecule has 0 aromatic heterocycles. The summed E-state index contributed by atoms with van der Waals surface area (Å²) in [6, 6.07) is 3.32. The lowest BCUT2D eigenvalue weighted by atomic mass is 10.1. The predicted molar refractivity (Wildman–Crippen MR) is 54.7 cm³/mol.